The van der Waals surface area contributed by atoms with Crippen LogP contribution in [0.25, 0.3) is 10.8 Å². The van der Waals surface area contributed by atoms with Crippen LogP contribution in [-0.4, -0.2) is 28.5 Å². The molecule has 2 aromatic carbocycles. The molecule has 25 heavy (non-hydrogen) atoms. The molecule has 0 spiro atoms. The van der Waals surface area contributed by atoms with Gasteiger partial charge in [0.1, 0.15) is 11.1 Å². The molecule has 0 bridgehead atoms. The smallest absolute Gasteiger partial charge is 0.315 e. The number of carboxylic acids is 1. The summed E-state index contributed by atoms with van der Waals surface area (Å²) in [5.41, 5.74) is -0.297. The lowest BCUT2D eigenvalue weighted by atomic mass is 9.82. The van der Waals surface area contributed by atoms with Crippen molar-refractivity contribution in [3.63, 3.8) is 0 Å². The summed E-state index contributed by atoms with van der Waals surface area (Å²) >= 11 is 0. The average molecular weight is 334 g/mol. The van der Waals surface area contributed by atoms with Gasteiger partial charge in [-0.05, 0) is 23.9 Å². The van der Waals surface area contributed by atoms with Gasteiger partial charge in [0.2, 0.25) is 0 Å². The van der Waals surface area contributed by atoms with E-state index in [9.17, 15) is 14.7 Å². The van der Waals surface area contributed by atoms with Crippen LogP contribution < -0.4 is 5.32 Å². The minimum absolute atomic E-state index is 0.0317. The molecule has 0 aliphatic rings. The largest absolute Gasteiger partial charge is 0.481 e. The third-order valence-electron chi connectivity index (χ3n) is 4.37. The molecule has 0 saturated heterocycles. The van der Waals surface area contributed by atoms with Gasteiger partial charge in [0.05, 0.1) is 0 Å². The molecule has 3 rings (SSSR count). The van der Waals surface area contributed by atoms with Crippen molar-refractivity contribution in [1.82, 2.24) is 10.3 Å². The fraction of sp³-hybridized carbons (Fsp3) is 0.150. The Hall–Kier alpha value is -3.21. The van der Waals surface area contributed by atoms with Crippen LogP contribution in [-0.2, 0) is 10.2 Å². The van der Waals surface area contributed by atoms with Crippen LogP contribution in [0.5, 0.6) is 0 Å². The third kappa shape index (κ3) is 3.21. The maximum absolute atomic E-state index is 12.6. The van der Waals surface area contributed by atoms with Gasteiger partial charge in [-0.25, -0.2) is 0 Å². The second-order valence-electron chi connectivity index (χ2n) is 6.07. The Morgan fingerprint density at radius 3 is 2.44 bits per heavy atom. The Kier molecular flexibility index (Phi) is 4.48. The number of fused-ring (bicyclic) bond motifs is 1. The summed E-state index contributed by atoms with van der Waals surface area (Å²) in [6.45, 7) is 1.57. The first-order valence-corrected chi connectivity index (χ1v) is 7.93. The van der Waals surface area contributed by atoms with E-state index in [0.29, 0.717) is 11.3 Å². The topological polar surface area (TPSA) is 79.3 Å². The molecule has 0 radical (unpaired) electrons. The van der Waals surface area contributed by atoms with Crippen molar-refractivity contribution in [2.45, 2.75) is 12.3 Å². The van der Waals surface area contributed by atoms with Crippen molar-refractivity contribution in [3.05, 3.63) is 78.1 Å². The first-order valence-electron chi connectivity index (χ1n) is 7.93. The van der Waals surface area contributed by atoms with Gasteiger partial charge in [0.25, 0.3) is 5.91 Å². The second kappa shape index (κ2) is 6.73. The van der Waals surface area contributed by atoms with Crippen LogP contribution in [0.1, 0.15) is 23.0 Å². The van der Waals surface area contributed by atoms with Gasteiger partial charge in [0, 0.05) is 18.1 Å². The van der Waals surface area contributed by atoms with Gasteiger partial charge in [-0.2, -0.15) is 0 Å². The van der Waals surface area contributed by atoms with Gasteiger partial charge < -0.3 is 10.4 Å². The zero-order chi connectivity index (χ0) is 17.9. The molecule has 5 nitrogen and oxygen atoms in total. The van der Waals surface area contributed by atoms with Crippen LogP contribution in [0.4, 0.5) is 0 Å². The fourth-order valence-electron chi connectivity index (χ4n) is 2.75. The first-order chi connectivity index (χ1) is 12.0. The number of pyridine rings is 1. The number of hydrogen-bond donors (Lipinski definition) is 2. The molecule has 1 heterocycles. The molecule has 0 aliphatic carbocycles. The van der Waals surface area contributed by atoms with Crippen LogP contribution in [0.2, 0.25) is 0 Å². The molecule has 0 aliphatic heterocycles. The first kappa shape index (κ1) is 16.6. The molecule has 1 atom stereocenters. The molecule has 0 fully saturated rings. The minimum Gasteiger partial charge on any atom is -0.481 e. The highest BCUT2D eigenvalue weighted by Crippen LogP contribution is 2.24. The Bertz CT molecular complexity index is 919. The van der Waals surface area contributed by atoms with E-state index in [-0.39, 0.29) is 12.5 Å². The third-order valence-corrected chi connectivity index (χ3v) is 4.37. The molecule has 0 saturated carbocycles. The summed E-state index contributed by atoms with van der Waals surface area (Å²) in [5, 5.41) is 14.0. The molecule has 2 N–H and O–H groups in total. The zero-order valence-electron chi connectivity index (χ0n) is 13.8. The number of rotatable bonds is 5. The van der Waals surface area contributed by atoms with Crippen molar-refractivity contribution in [2.75, 3.05) is 6.54 Å². The quantitative estimate of drug-likeness (QED) is 0.752. The number of carbonyl (C=O) groups is 2. The van der Waals surface area contributed by atoms with Crippen LogP contribution in [0.15, 0.2) is 66.9 Å². The van der Waals surface area contributed by atoms with Crippen molar-refractivity contribution in [3.8, 4) is 0 Å². The van der Waals surface area contributed by atoms with E-state index >= 15 is 0 Å². The summed E-state index contributed by atoms with van der Waals surface area (Å²) in [6.07, 6.45) is 1.57. The van der Waals surface area contributed by atoms with Gasteiger partial charge in [0.15, 0.2) is 0 Å². The Morgan fingerprint density at radius 2 is 1.72 bits per heavy atom. The Balaban J connectivity index is 1.86. The van der Waals surface area contributed by atoms with Crippen molar-refractivity contribution in [1.29, 1.82) is 0 Å². The zero-order valence-corrected chi connectivity index (χ0v) is 13.8. The van der Waals surface area contributed by atoms with Crippen molar-refractivity contribution < 1.29 is 14.7 Å². The van der Waals surface area contributed by atoms with E-state index in [1.165, 1.54) is 0 Å². The molecule has 1 aromatic heterocycles. The van der Waals surface area contributed by atoms with Crippen molar-refractivity contribution in [2.24, 2.45) is 0 Å². The number of amides is 1. The molecule has 1 amide bonds. The summed E-state index contributed by atoms with van der Waals surface area (Å²) < 4.78 is 0. The molecular weight excluding hydrogens is 316 g/mol. The summed E-state index contributed by atoms with van der Waals surface area (Å²) in [7, 11) is 0. The highest BCUT2D eigenvalue weighted by Gasteiger charge is 2.35. The number of aliphatic carboxylic acids is 1. The lowest BCUT2D eigenvalue weighted by Gasteiger charge is -2.25. The van der Waals surface area contributed by atoms with Gasteiger partial charge in [-0.15, -0.1) is 0 Å². The highest BCUT2D eigenvalue weighted by molar-refractivity contribution is 6.05. The number of carboxylic acid groups (broad SMARTS) is 1. The molecule has 5 heteroatoms. The Morgan fingerprint density at radius 1 is 1.04 bits per heavy atom. The predicted molar refractivity (Wildman–Crippen MR) is 95.5 cm³/mol. The summed E-state index contributed by atoms with van der Waals surface area (Å²) in [4.78, 5) is 28.6. The van der Waals surface area contributed by atoms with Crippen LogP contribution in [0.3, 0.4) is 0 Å². The van der Waals surface area contributed by atoms with Crippen molar-refractivity contribution >= 4 is 22.6 Å². The number of nitrogens with zero attached hydrogens (tertiary/aromatic N) is 1. The van der Waals surface area contributed by atoms with Gasteiger partial charge >= 0.3 is 5.97 Å². The van der Waals surface area contributed by atoms with E-state index in [0.717, 1.165) is 10.8 Å². The van der Waals surface area contributed by atoms with E-state index in [1.54, 1.807) is 37.4 Å². The average Bonchev–Trinajstić information content (AvgIpc) is 2.66. The number of nitrogens with one attached hydrogen (secondary N) is 1. The lowest BCUT2D eigenvalue weighted by molar-refractivity contribution is -0.142. The van der Waals surface area contributed by atoms with E-state index in [2.05, 4.69) is 10.3 Å². The molecular formula is C20H18N2O3. The molecule has 1 unspecified atom stereocenters. The second-order valence-corrected chi connectivity index (χ2v) is 6.07. The van der Waals surface area contributed by atoms with E-state index < -0.39 is 11.4 Å². The van der Waals surface area contributed by atoms with Gasteiger partial charge in [-0.1, -0.05) is 54.6 Å². The minimum atomic E-state index is -1.22. The standard InChI is InChI=1S/C20H18N2O3/c1-20(19(24)25,15-8-3-2-4-9-15)13-22-18(23)17-16-10-6-5-7-14(16)11-12-21-17/h2-12H,13H2,1H3,(H,22,23)(H,24,25). The lowest BCUT2D eigenvalue weighted by Crippen LogP contribution is -2.44. The number of benzene rings is 2. The number of aromatic nitrogens is 1. The maximum Gasteiger partial charge on any atom is 0.315 e. The molecule has 3 aromatic rings. The predicted octanol–water partition coefficient (Wildman–Crippen LogP) is 3.01. The van der Waals surface area contributed by atoms with E-state index in [1.807, 2.05) is 36.4 Å². The highest BCUT2D eigenvalue weighted by atomic mass is 16.4. The Labute approximate surface area is 145 Å². The number of carbonyl (C=O) groups excluding carboxylic acids is 1. The van der Waals surface area contributed by atoms with Crippen LogP contribution in [0, 0.1) is 0 Å². The van der Waals surface area contributed by atoms with Crippen LogP contribution >= 0.6 is 0 Å². The normalized spacial score (nSPS) is 13.2. The SMILES string of the molecule is CC(CNC(=O)c1nccc2ccccc12)(C(=O)O)c1ccccc1. The van der Waals surface area contributed by atoms with E-state index in [4.69, 9.17) is 0 Å². The number of hydrogen-bond acceptors (Lipinski definition) is 3. The summed E-state index contributed by atoms with van der Waals surface area (Å²) in [5.74, 6) is -1.38. The monoisotopic (exact) mass is 334 g/mol. The summed E-state index contributed by atoms with van der Waals surface area (Å²) in [6, 6.07) is 18.2. The van der Waals surface area contributed by atoms with Gasteiger partial charge in [-0.3, -0.25) is 14.6 Å². The maximum atomic E-state index is 12.6. The molecule has 126 valence electrons. The fourth-order valence-corrected chi connectivity index (χ4v) is 2.75.